The smallest absolute Gasteiger partial charge is 0.250 e. The topological polar surface area (TPSA) is 58.6 Å². The van der Waals surface area contributed by atoms with Crippen LogP contribution in [-0.4, -0.2) is 39.1 Å². The molecule has 2 amide bonds. The second kappa shape index (κ2) is 8.34. The van der Waals surface area contributed by atoms with E-state index in [9.17, 15) is 9.59 Å². The Kier molecular flexibility index (Phi) is 6.99. The number of nitrogens with one attached hydrogen (secondary N) is 1. The molecule has 0 aliphatic heterocycles. The number of rotatable bonds is 6. The number of benzene rings is 1. The monoisotopic (exact) mass is 362 g/mol. The molecule has 0 saturated heterocycles. The van der Waals surface area contributed by atoms with E-state index in [1.54, 1.807) is 14.1 Å². The Bertz CT molecular complexity index is 629. The number of likely N-dealkylation sites (N-methyl/N-ethyl adjacent to an activating group) is 1. The molecule has 0 spiro atoms. The van der Waals surface area contributed by atoms with E-state index in [1.165, 1.54) is 17.2 Å². The normalized spacial score (nSPS) is 12.1. The van der Waals surface area contributed by atoms with Gasteiger partial charge in [-0.15, -0.1) is 0 Å². The number of hydrogen-bond donors (Lipinski definition) is 1. The van der Waals surface area contributed by atoms with Crippen molar-refractivity contribution < 1.29 is 14.0 Å². The highest BCUT2D eigenvalue weighted by atomic mass is 28.4. The third-order valence-electron chi connectivity index (χ3n) is 4.38. The van der Waals surface area contributed by atoms with Crippen LogP contribution < -0.4 is 9.74 Å². The molecule has 0 unspecified atom stereocenters. The van der Waals surface area contributed by atoms with Gasteiger partial charge in [-0.1, -0.05) is 32.9 Å². The Labute approximate surface area is 152 Å². The van der Waals surface area contributed by atoms with Gasteiger partial charge < -0.3 is 14.6 Å². The molecule has 0 saturated carbocycles. The molecule has 0 atom stereocenters. The summed E-state index contributed by atoms with van der Waals surface area (Å²) in [6, 6.07) is 7.62. The lowest BCUT2D eigenvalue weighted by atomic mass is 10.1. The summed E-state index contributed by atoms with van der Waals surface area (Å²) in [5.74, 6) is 0.500. The molecule has 1 aromatic rings. The van der Waals surface area contributed by atoms with Gasteiger partial charge in [-0.2, -0.15) is 0 Å². The van der Waals surface area contributed by atoms with Crippen LogP contribution in [0.2, 0.25) is 18.1 Å². The average Bonchev–Trinajstić information content (AvgIpc) is 2.47. The van der Waals surface area contributed by atoms with E-state index >= 15 is 0 Å². The molecule has 0 heterocycles. The molecule has 0 aliphatic rings. The number of carbonyl (C=O) groups excluding carboxylic acids is 2. The number of carbonyl (C=O) groups is 2. The van der Waals surface area contributed by atoms with Crippen LogP contribution in [-0.2, 0) is 16.0 Å². The van der Waals surface area contributed by atoms with Crippen molar-refractivity contribution in [2.45, 2.75) is 45.3 Å². The zero-order valence-corrected chi connectivity index (χ0v) is 17.3. The number of hydrogen-bond acceptors (Lipinski definition) is 3. The summed E-state index contributed by atoms with van der Waals surface area (Å²) in [5, 5.41) is 2.74. The molecule has 5 nitrogen and oxygen atoms in total. The lowest BCUT2D eigenvalue weighted by molar-refractivity contribution is -0.123. The van der Waals surface area contributed by atoms with Gasteiger partial charge >= 0.3 is 0 Å². The minimum absolute atomic E-state index is 0.141. The molecule has 0 aliphatic carbocycles. The van der Waals surface area contributed by atoms with Gasteiger partial charge in [-0.3, -0.25) is 9.59 Å². The zero-order chi connectivity index (χ0) is 19.3. The highest BCUT2D eigenvalue weighted by Crippen LogP contribution is 2.37. The standard InChI is InChI=1S/C19H30N2O3Si/c1-19(2,3)25(6,7)24-16-10-8-15(9-11-16)14-17(22)20-13-12-18(23)21(4)5/h8-13H,14H2,1-7H3,(H,20,22)/b13-12-. The van der Waals surface area contributed by atoms with Gasteiger partial charge in [0.05, 0.1) is 6.42 Å². The highest BCUT2D eigenvalue weighted by molar-refractivity contribution is 6.74. The molecule has 0 bridgehead atoms. The van der Waals surface area contributed by atoms with Crippen LogP contribution >= 0.6 is 0 Å². The van der Waals surface area contributed by atoms with Crippen LogP contribution in [0.1, 0.15) is 26.3 Å². The fraction of sp³-hybridized carbons (Fsp3) is 0.474. The van der Waals surface area contributed by atoms with Crippen LogP contribution in [0.4, 0.5) is 0 Å². The Balaban J connectivity index is 2.60. The first-order valence-corrected chi connectivity index (χ1v) is 11.3. The summed E-state index contributed by atoms with van der Waals surface area (Å²) in [6.07, 6.45) is 2.95. The number of amides is 2. The van der Waals surface area contributed by atoms with Crippen LogP contribution in [0.3, 0.4) is 0 Å². The molecule has 0 aromatic heterocycles. The summed E-state index contributed by atoms with van der Waals surface area (Å²) >= 11 is 0. The lowest BCUT2D eigenvalue weighted by Gasteiger charge is -2.36. The Morgan fingerprint density at radius 2 is 1.72 bits per heavy atom. The Morgan fingerprint density at radius 3 is 2.20 bits per heavy atom. The zero-order valence-electron chi connectivity index (χ0n) is 16.3. The van der Waals surface area contributed by atoms with Crippen LogP contribution in [0, 0.1) is 0 Å². The summed E-state index contributed by atoms with van der Waals surface area (Å²) in [4.78, 5) is 24.7. The third kappa shape index (κ3) is 6.74. The first-order chi connectivity index (χ1) is 11.4. The SMILES string of the molecule is CN(C)C(=O)/C=C\NC(=O)Cc1ccc(O[Si](C)(C)C(C)(C)C)cc1. The van der Waals surface area contributed by atoms with Crippen LogP contribution in [0.25, 0.3) is 0 Å². The van der Waals surface area contributed by atoms with Crippen molar-refractivity contribution >= 4 is 20.1 Å². The van der Waals surface area contributed by atoms with Crippen molar-refractivity contribution in [3.05, 3.63) is 42.1 Å². The van der Waals surface area contributed by atoms with Gasteiger partial charge in [0.1, 0.15) is 5.75 Å². The van der Waals surface area contributed by atoms with E-state index in [1.807, 2.05) is 24.3 Å². The largest absolute Gasteiger partial charge is 0.544 e. The van der Waals surface area contributed by atoms with Crippen molar-refractivity contribution in [3.8, 4) is 5.75 Å². The van der Waals surface area contributed by atoms with E-state index in [4.69, 9.17) is 4.43 Å². The molecule has 0 radical (unpaired) electrons. The molecular weight excluding hydrogens is 332 g/mol. The minimum atomic E-state index is -1.86. The highest BCUT2D eigenvalue weighted by Gasteiger charge is 2.38. The van der Waals surface area contributed by atoms with Crippen molar-refractivity contribution in [1.82, 2.24) is 10.2 Å². The fourth-order valence-electron chi connectivity index (χ4n) is 1.71. The van der Waals surface area contributed by atoms with Gasteiger partial charge in [-0.25, -0.2) is 0 Å². The summed E-state index contributed by atoms with van der Waals surface area (Å²) in [6.45, 7) is 11.0. The van der Waals surface area contributed by atoms with Crippen LogP contribution in [0.15, 0.2) is 36.5 Å². The molecule has 1 aromatic carbocycles. The second-order valence-electron chi connectivity index (χ2n) is 7.82. The van der Waals surface area contributed by atoms with Gasteiger partial charge in [0, 0.05) is 26.4 Å². The van der Waals surface area contributed by atoms with Gasteiger partial charge in [-0.05, 0) is 35.8 Å². The molecule has 138 valence electrons. The Morgan fingerprint density at radius 1 is 1.16 bits per heavy atom. The molecule has 0 fully saturated rings. The molecule has 6 heteroatoms. The van der Waals surface area contributed by atoms with Gasteiger partial charge in [0.25, 0.3) is 0 Å². The molecule has 1 N–H and O–H groups in total. The lowest BCUT2D eigenvalue weighted by Crippen LogP contribution is -2.43. The van der Waals surface area contributed by atoms with Crippen molar-refractivity contribution in [2.75, 3.05) is 14.1 Å². The average molecular weight is 363 g/mol. The summed E-state index contributed by atoms with van der Waals surface area (Å²) in [7, 11) is 1.45. The maximum absolute atomic E-state index is 11.9. The molecule has 25 heavy (non-hydrogen) atoms. The van der Waals surface area contributed by atoms with Gasteiger partial charge in [0.2, 0.25) is 20.1 Å². The quantitative estimate of drug-likeness (QED) is 0.624. The first kappa shape index (κ1) is 21.0. The van der Waals surface area contributed by atoms with E-state index in [2.05, 4.69) is 39.2 Å². The minimum Gasteiger partial charge on any atom is -0.544 e. The first-order valence-electron chi connectivity index (χ1n) is 8.37. The third-order valence-corrected chi connectivity index (χ3v) is 8.74. The second-order valence-corrected chi connectivity index (χ2v) is 12.5. The maximum Gasteiger partial charge on any atom is 0.250 e. The van der Waals surface area contributed by atoms with Crippen molar-refractivity contribution in [3.63, 3.8) is 0 Å². The predicted octanol–water partition coefficient (Wildman–Crippen LogP) is 3.33. The molecular formula is C19H30N2O3Si. The molecule has 1 rings (SSSR count). The summed E-state index contributed by atoms with van der Waals surface area (Å²) < 4.78 is 6.22. The summed E-state index contributed by atoms with van der Waals surface area (Å²) in [5.41, 5.74) is 0.896. The maximum atomic E-state index is 11.9. The Hall–Kier alpha value is -2.08. The van der Waals surface area contributed by atoms with E-state index < -0.39 is 8.32 Å². The fourth-order valence-corrected chi connectivity index (χ4v) is 2.75. The predicted molar refractivity (Wildman–Crippen MR) is 104 cm³/mol. The van der Waals surface area contributed by atoms with E-state index in [0.29, 0.717) is 0 Å². The van der Waals surface area contributed by atoms with Crippen molar-refractivity contribution in [2.24, 2.45) is 0 Å². The van der Waals surface area contributed by atoms with Crippen LogP contribution in [0.5, 0.6) is 5.75 Å². The van der Waals surface area contributed by atoms with Crippen molar-refractivity contribution in [1.29, 1.82) is 0 Å². The van der Waals surface area contributed by atoms with E-state index in [0.717, 1.165) is 11.3 Å². The van der Waals surface area contributed by atoms with E-state index in [-0.39, 0.29) is 23.3 Å². The number of nitrogens with zero attached hydrogens (tertiary/aromatic N) is 1. The van der Waals surface area contributed by atoms with Gasteiger partial charge in [0.15, 0.2) is 0 Å².